The fourth-order valence-corrected chi connectivity index (χ4v) is 5.29. The second-order valence-electron chi connectivity index (χ2n) is 7.83. The van der Waals surface area contributed by atoms with Gasteiger partial charge in [-0.05, 0) is 32.8 Å². The minimum atomic E-state index is 0.108. The van der Waals surface area contributed by atoms with Crippen molar-refractivity contribution in [3.05, 3.63) is 29.2 Å². The first-order valence-corrected chi connectivity index (χ1v) is 11.1. The first-order valence-electron chi connectivity index (χ1n) is 9.89. The number of halogens is 1. The molecule has 0 aromatic carbocycles. The van der Waals surface area contributed by atoms with Crippen molar-refractivity contribution in [2.75, 3.05) is 37.0 Å². The molecule has 2 atom stereocenters. The summed E-state index contributed by atoms with van der Waals surface area (Å²) in [5.74, 6) is 1.57. The molecular formula is C20H27ClN6OS. The van der Waals surface area contributed by atoms with E-state index in [1.54, 1.807) is 13.2 Å². The van der Waals surface area contributed by atoms with E-state index in [0.29, 0.717) is 10.8 Å². The van der Waals surface area contributed by atoms with E-state index in [4.69, 9.17) is 27.1 Å². The zero-order chi connectivity index (χ0) is 20.6. The van der Waals surface area contributed by atoms with E-state index >= 15 is 0 Å². The maximum atomic E-state index is 6.43. The molecular weight excluding hydrogens is 408 g/mol. The van der Waals surface area contributed by atoms with E-state index in [1.807, 2.05) is 19.2 Å². The Balaban J connectivity index is 1.46. The number of hydrogen-bond acceptors (Lipinski definition) is 8. The van der Waals surface area contributed by atoms with Crippen LogP contribution in [0.4, 0.5) is 11.6 Å². The Bertz CT molecular complexity index is 889. The quantitative estimate of drug-likeness (QED) is 0.757. The maximum Gasteiger partial charge on any atom is 0.147 e. The minimum Gasteiger partial charge on any atom is -0.376 e. The van der Waals surface area contributed by atoms with E-state index in [0.717, 1.165) is 54.0 Å². The van der Waals surface area contributed by atoms with Crippen molar-refractivity contribution >= 4 is 35.0 Å². The number of pyridine rings is 1. The second kappa shape index (κ2) is 8.26. The molecule has 0 unspecified atom stereocenters. The van der Waals surface area contributed by atoms with Crippen LogP contribution >= 0.6 is 23.4 Å². The molecule has 2 aromatic rings. The van der Waals surface area contributed by atoms with Crippen LogP contribution in [0.2, 0.25) is 5.02 Å². The van der Waals surface area contributed by atoms with E-state index in [9.17, 15) is 0 Å². The Hall–Kier alpha value is -1.61. The molecule has 2 aliphatic heterocycles. The SMILES string of the molecule is CNc1nccc(Sc2ncc(N3CCC4(CC3)CO[C@@H](C)[C@H]4N)nc2C)c1Cl. The number of piperidine rings is 1. The van der Waals surface area contributed by atoms with Gasteiger partial charge in [-0.15, -0.1) is 0 Å². The Labute approximate surface area is 180 Å². The summed E-state index contributed by atoms with van der Waals surface area (Å²) < 4.78 is 5.82. The number of anilines is 2. The van der Waals surface area contributed by atoms with Crippen LogP contribution in [0.5, 0.6) is 0 Å². The zero-order valence-corrected chi connectivity index (χ0v) is 18.6. The number of nitrogens with zero attached hydrogens (tertiary/aromatic N) is 4. The number of rotatable bonds is 4. The van der Waals surface area contributed by atoms with Crippen LogP contribution in [0.15, 0.2) is 28.4 Å². The van der Waals surface area contributed by atoms with Crippen molar-refractivity contribution in [3.63, 3.8) is 0 Å². The Morgan fingerprint density at radius 2 is 2.10 bits per heavy atom. The second-order valence-corrected chi connectivity index (χ2v) is 9.24. The summed E-state index contributed by atoms with van der Waals surface area (Å²) in [7, 11) is 1.80. The molecule has 2 fully saturated rings. The predicted molar refractivity (Wildman–Crippen MR) is 117 cm³/mol. The maximum absolute atomic E-state index is 6.43. The molecule has 0 bridgehead atoms. The van der Waals surface area contributed by atoms with Crippen LogP contribution in [0.1, 0.15) is 25.5 Å². The molecule has 7 nitrogen and oxygen atoms in total. The van der Waals surface area contributed by atoms with E-state index in [2.05, 4.69) is 27.1 Å². The van der Waals surface area contributed by atoms with Gasteiger partial charge in [-0.1, -0.05) is 23.4 Å². The van der Waals surface area contributed by atoms with Crippen molar-refractivity contribution in [1.29, 1.82) is 0 Å². The lowest BCUT2D eigenvalue weighted by Gasteiger charge is -2.41. The van der Waals surface area contributed by atoms with Crippen molar-refractivity contribution in [3.8, 4) is 0 Å². The lowest BCUT2D eigenvalue weighted by molar-refractivity contribution is 0.0974. The van der Waals surface area contributed by atoms with Gasteiger partial charge in [0.25, 0.3) is 0 Å². The van der Waals surface area contributed by atoms with Crippen LogP contribution < -0.4 is 16.0 Å². The number of nitrogens with two attached hydrogens (primary N) is 1. The minimum absolute atomic E-state index is 0.108. The third-order valence-corrected chi connectivity index (χ3v) is 7.76. The Morgan fingerprint density at radius 1 is 1.34 bits per heavy atom. The zero-order valence-electron chi connectivity index (χ0n) is 17.0. The average Bonchev–Trinajstić information content (AvgIpc) is 3.00. The Morgan fingerprint density at radius 3 is 2.72 bits per heavy atom. The third-order valence-electron chi connectivity index (χ3n) is 6.12. The fourth-order valence-electron chi connectivity index (χ4n) is 4.15. The van der Waals surface area contributed by atoms with Gasteiger partial charge >= 0.3 is 0 Å². The molecule has 0 saturated carbocycles. The highest BCUT2D eigenvalue weighted by Gasteiger charge is 2.47. The van der Waals surface area contributed by atoms with E-state index < -0.39 is 0 Å². The lowest BCUT2D eigenvalue weighted by atomic mass is 9.73. The molecule has 29 heavy (non-hydrogen) atoms. The van der Waals surface area contributed by atoms with Crippen molar-refractivity contribution in [2.45, 2.75) is 48.8 Å². The van der Waals surface area contributed by atoms with Gasteiger partial charge < -0.3 is 20.7 Å². The van der Waals surface area contributed by atoms with Crippen LogP contribution in [0, 0.1) is 12.3 Å². The number of ether oxygens (including phenoxy) is 1. The monoisotopic (exact) mass is 434 g/mol. The highest BCUT2D eigenvalue weighted by atomic mass is 35.5. The summed E-state index contributed by atoms with van der Waals surface area (Å²) in [6.45, 7) is 6.68. The largest absolute Gasteiger partial charge is 0.376 e. The topological polar surface area (TPSA) is 89.2 Å². The van der Waals surface area contributed by atoms with Gasteiger partial charge in [0, 0.05) is 42.7 Å². The highest BCUT2D eigenvalue weighted by Crippen LogP contribution is 2.42. The fraction of sp³-hybridized carbons (Fsp3) is 0.550. The normalized spacial score (nSPS) is 23.6. The van der Waals surface area contributed by atoms with E-state index in [1.165, 1.54) is 11.8 Å². The van der Waals surface area contributed by atoms with Crippen LogP contribution in [0.3, 0.4) is 0 Å². The van der Waals surface area contributed by atoms with Gasteiger partial charge in [-0.25, -0.2) is 15.0 Å². The molecule has 156 valence electrons. The van der Waals surface area contributed by atoms with Gasteiger partial charge in [0.2, 0.25) is 0 Å². The third kappa shape index (κ3) is 3.91. The molecule has 9 heteroatoms. The van der Waals surface area contributed by atoms with Crippen molar-refractivity contribution in [2.24, 2.45) is 11.1 Å². The summed E-state index contributed by atoms with van der Waals surface area (Å²) >= 11 is 7.93. The number of nitrogens with one attached hydrogen (secondary N) is 1. The summed E-state index contributed by atoms with van der Waals surface area (Å²) in [4.78, 5) is 16.9. The summed E-state index contributed by atoms with van der Waals surface area (Å²) in [6.07, 6.45) is 5.78. The van der Waals surface area contributed by atoms with Gasteiger partial charge in [0.05, 0.1) is 29.6 Å². The number of aromatic nitrogens is 3. The molecule has 1 spiro atoms. The molecule has 2 saturated heterocycles. The molecule has 3 N–H and O–H groups in total. The summed E-state index contributed by atoms with van der Waals surface area (Å²) in [5.41, 5.74) is 7.43. The summed E-state index contributed by atoms with van der Waals surface area (Å²) in [5, 5.41) is 4.44. The predicted octanol–water partition coefficient (Wildman–Crippen LogP) is 3.36. The molecule has 2 aliphatic rings. The van der Waals surface area contributed by atoms with Gasteiger partial charge in [-0.2, -0.15) is 0 Å². The van der Waals surface area contributed by atoms with E-state index in [-0.39, 0.29) is 17.6 Å². The lowest BCUT2D eigenvalue weighted by Crippen LogP contribution is -2.50. The molecule has 0 radical (unpaired) electrons. The van der Waals surface area contributed by atoms with Crippen LogP contribution in [-0.4, -0.2) is 53.8 Å². The highest BCUT2D eigenvalue weighted by molar-refractivity contribution is 7.99. The first kappa shape index (κ1) is 20.7. The van der Waals surface area contributed by atoms with Crippen molar-refractivity contribution < 1.29 is 4.74 Å². The number of hydrogen-bond donors (Lipinski definition) is 2. The molecule has 0 aliphatic carbocycles. The molecule has 4 heterocycles. The van der Waals surface area contributed by atoms with Crippen LogP contribution in [-0.2, 0) is 4.74 Å². The number of aryl methyl sites for hydroxylation is 1. The summed E-state index contributed by atoms with van der Waals surface area (Å²) in [6, 6.07) is 2.00. The standard InChI is InChI=1S/C20H27ClN6OS/c1-12-19(29-14-4-7-24-18(23-3)16(14)21)25-10-15(26-12)27-8-5-20(6-9-27)11-28-13(2)17(20)22/h4,7,10,13,17H,5-6,8-9,11,22H2,1-3H3,(H,23,24)/t13-,17+/m0/s1. The average molecular weight is 435 g/mol. The molecule has 2 aromatic heterocycles. The smallest absolute Gasteiger partial charge is 0.147 e. The molecule has 4 rings (SSSR count). The Kier molecular flexibility index (Phi) is 5.88. The van der Waals surface area contributed by atoms with Crippen molar-refractivity contribution in [1.82, 2.24) is 15.0 Å². The molecule has 0 amide bonds. The first-order chi connectivity index (χ1) is 13.9. The van der Waals surface area contributed by atoms with Gasteiger partial charge in [0.1, 0.15) is 16.7 Å². The van der Waals surface area contributed by atoms with Gasteiger partial charge in [0.15, 0.2) is 0 Å². The van der Waals surface area contributed by atoms with Crippen LogP contribution in [0.25, 0.3) is 0 Å². The van der Waals surface area contributed by atoms with Gasteiger partial charge in [-0.3, -0.25) is 0 Å².